The Balaban J connectivity index is 2.23. The molecule has 0 radical (unpaired) electrons. The van der Waals surface area contributed by atoms with Crippen LogP contribution in [0.4, 0.5) is 0 Å². The van der Waals surface area contributed by atoms with Crippen LogP contribution in [0, 0.1) is 13.8 Å². The molecule has 0 fully saturated rings. The number of rotatable bonds is 3. The van der Waals surface area contributed by atoms with Gasteiger partial charge in [-0.1, -0.05) is 64.5 Å². The average molecular weight is 294 g/mol. The van der Waals surface area contributed by atoms with Gasteiger partial charge >= 0.3 is 5.56 Å². The Morgan fingerprint density at radius 3 is 1.86 bits per heavy atom. The molecule has 3 aromatic rings. The maximum absolute atomic E-state index is 12.6. The summed E-state index contributed by atoms with van der Waals surface area (Å²) in [4.78, 5) is 18.8. The summed E-state index contributed by atoms with van der Waals surface area (Å²) >= 11 is 0. The molecule has 0 aliphatic rings. The number of hydrogen-bond acceptors (Lipinski definition) is 2. The molecule has 0 saturated carbocycles. The zero-order valence-electron chi connectivity index (χ0n) is 12.9. The van der Waals surface area contributed by atoms with Crippen LogP contribution in [0.5, 0.6) is 0 Å². The van der Waals surface area contributed by atoms with E-state index in [1.165, 1.54) is 12.7 Å². The van der Waals surface area contributed by atoms with Gasteiger partial charge in [0, 0.05) is 5.56 Å². The summed E-state index contributed by atoms with van der Waals surface area (Å²) in [6, 6.07) is 16.0. The number of aromatic nitrogens is 2. The van der Waals surface area contributed by atoms with Gasteiger partial charge in [0.25, 0.3) is 0 Å². The quantitative estimate of drug-likeness (QED) is 0.806. The van der Waals surface area contributed by atoms with Gasteiger partial charge in [-0.15, -0.1) is 0 Å². The van der Waals surface area contributed by atoms with Crippen LogP contribution in [0.1, 0.15) is 11.1 Å². The molecule has 0 amide bonds. The Morgan fingerprint density at radius 1 is 0.864 bits per heavy atom. The van der Waals surface area contributed by atoms with E-state index in [2.05, 4.69) is 5.10 Å². The number of aromatic amines is 1. The molecule has 112 valence electrons. The minimum Gasteiger partial charge on any atom is -0.398 e. The van der Waals surface area contributed by atoms with Crippen LogP contribution in [0.15, 0.2) is 53.3 Å². The number of aryl methyl sites for hydroxylation is 2. The Labute approximate surface area is 128 Å². The summed E-state index contributed by atoms with van der Waals surface area (Å²) < 4.78 is 0. The summed E-state index contributed by atoms with van der Waals surface area (Å²) in [7, 11) is 1.47. The standard InChI is InChI=1S/C18H18N2O2/c1-12-4-8-14(9-5-12)16-17(19-20(22-3)18(16)21)15-10-6-13(2)7-11-15/h4-11,19H,1-3H3. The predicted molar refractivity (Wildman–Crippen MR) is 87.9 cm³/mol. The lowest BCUT2D eigenvalue weighted by molar-refractivity contribution is 0.127. The smallest absolute Gasteiger partial charge is 0.310 e. The molecule has 3 rings (SSSR count). The molecule has 22 heavy (non-hydrogen) atoms. The van der Waals surface area contributed by atoms with Crippen LogP contribution in [0.25, 0.3) is 22.4 Å². The highest BCUT2D eigenvalue weighted by molar-refractivity contribution is 5.80. The fourth-order valence-corrected chi connectivity index (χ4v) is 2.46. The molecular formula is C18H18N2O2. The second kappa shape index (κ2) is 5.56. The molecule has 0 spiro atoms. The zero-order valence-corrected chi connectivity index (χ0v) is 12.9. The van der Waals surface area contributed by atoms with E-state index in [1.807, 2.05) is 62.4 Å². The minimum absolute atomic E-state index is 0.193. The Kier molecular flexibility index (Phi) is 3.59. The molecule has 1 aromatic heterocycles. The van der Waals surface area contributed by atoms with Gasteiger partial charge in [0.05, 0.1) is 11.3 Å². The molecule has 0 bridgehead atoms. The van der Waals surface area contributed by atoms with Crippen molar-refractivity contribution in [1.29, 1.82) is 0 Å². The number of nitrogens with zero attached hydrogens (tertiary/aromatic N) is 1. The van der Waals surface area contributed by atoms with E-state index in [9.17, 15) is 4.79 Å². The SMILES string of the molecule is COn1[nH]c(-c2ccc(C)cc2)c(-c2ccc(C)cc2)c1=O. The van der Waals surface area contributed by atoms with E-state index >= 15 is 0 Å². The molecular weight excluding hydrogens is 276 g/mol. The molecule has 4 nitrogen and oxygen atoms in total. The first-order valence-electron chi connectivity index (χ1n) is 7.13. The van der Waals surface area contributed by atoms with Crippen molar-refractivity contribution in [1.82, 2.24) is 9.94 Å². The average Bonchev–Trinajstić information content (AvgIpc) is 2.86. The largest absolute Gasteiger partial charge is 0.398 e. The molecule has 0 aliphatic carbocycles. The van der Waals surface area contributed by atoms with E-state index < -0.39 is 0 Å². The molecule has 2 aromatic carbocycles. The van der Waals surface area contributed by atoms with Crippen molar-refractivity contribution in [3.8, 4) is 22.4 Å². The fraction of sp³-hybridized carbons (Fsp3) is 0.167. The molecule has 1 N–H and O–H groups in total. The second-order valence-corrected chi connectivity index (χ2v) is 5.38. The van der Waals surface area contributed by atoms with Gasteiger partial charge in [0.2, 0.25) is 0 Å². The van der Waals surface area contributed by atoms with Crippen molar-refractivity contribution in [3.63, 3.8) is 0 Å². The summed E-state index contributed by atoms with van der Waals surface area (Å²) in [6.45, 7) is 4.06. The first kappa shape index (κ1) is 14.2. The number of H-pyrrole nitrogens is 1. The Bertz CT molecular complexity index is 840. The van der Waals surface area contributed by atoms with Crippen LogP contribution in [0.2, 0.25) is 0 Å². The molecule has 0 unspecified atom stereocenters. The van der Waals surface area contributed by atoms with Gasteiger partial charge in [-0.05, 0) is 19.4 Å². The van der Waals surface area contributed by atoms with Crippen LogP contribution in [-0.4, -0.2) is 17.1 Å². The van der Waals surface area contributed by atoms with Gasteiger partial charge in [0.1, 0.15) is 7.11 Å². The molecule has 1 heterocycles. The Morgan fingerprint density at radius 2 is 1.36 bits per heavy atom. The third-order valence-electron chi connectivity index (χ3n) is 3.72. The van der Waals surface area contributed by atoms with Crippen LogP contribution in [0.3, 0.4) is 0 Å². The topological polar surface area (TPSA) is 47.0 Å². The zero-order chi connectivity index (χ0) is 15.7. The van der Waals surface area contributed by atoms with E-state index in [1.54, 1.807) is 0 Å². The van der Waals surface area contributed by atoms with Crippen LogP contribution < -0.4 is 10.4 Å². The van der Waals surface area contributed by atoms with E-state index in [0.717, 1.165) is 27.2 Å². The van der Waals surface area contributed by atoms with Crippen molar-refractivity contribution in [2.24, 2.45) is 0 Å². The maximum atomic E-state index is 12.6. The molecule has 4 heteroatoms. The van der Waals surface area contributed by atoms with Crippen molar-refractivity contribution in [2.75, 3.05) is 7.11 Å². The van der Waals surface area contributed by atoms with Crippen molar-refractivity contribution < 1.29 is 4.84 Å². The van der Waals surface area contributed by atoms with Gasteiger partial charge in [-0.3, -0.25) is 9.89 Å². The van der Waals surface area contributed by atoms with E-state index in [0.29, 0.717) is 5.56 Å². The highest BCUT2D eigenvalue weighted by atomic mass is 16.7. The number of benzene rings is 2. The van der Waals surface area contributed by atoms with Crippen LogP contribution >= 0.6 is 0 Å². The van der Waals surface area contributed by atoms with Crippen molar-refractivity contribution in [3.05, 3.63) is 70.0 Å². The Hall–Kier alpha value is -2.75. The lowest BCUT2D eigenvalue weighted by Crippen LogP contribution is -2.22. The van der Waals surface area contributed by atoms with Crippen LogP contribution in [-0.2, 0) is 0 Å². The highest BCUT2D eigenvalue weighted by Gasteiger charge is 2.17. The van der Waals surface area contributed by atoms with Crippen molar-refractivity contribution >= 4 is 0 Å². The summed E-state index contributed by atoms with van der Waals surface area (Å²) in [5.74, 6) is 0. The fourth-order valence-electron chi connectivity index (χ4n) is 2.46. The lowest BCUT2D eigenvalue weighted by Gasteiger charge is -2.04. The summed E-state index contributed by atoms with van der Waals surface area (Å²) in [6.07, 6.45) is 0. The first-order chi connectivity index (χ1) is 10.6. The molecule has 0 aliphatic heterocycles. The highest BCUT2D eigenvalue weighted by Crippen LogP contribution is 2.28. The monoisotopic (exact) mass is 294 g/mol. The maximum Gasteiger partial charge on any atom is 0.310 e. The third-order valence-corrected chi connectivity index (χ3v) is 3.72. The van der Waals surface area contributed by atoms with Gasteiger partial charge in [0.15, 0.2) is 0 Å². The normalized spacial score (nSPS) is 10.7. The number of nitrogens with one attached hydrogen (secondary N) is 1. The van der Waals surface area contributed by atoms with E-state index in [-0.39, 0.29) is 5.56 Å². The first-order valence-corrected chi connectivity index (χ1v) is 7.13. The van der Waals surface area contributed by atoms with E-state index in [4.69, 9.17) is 4.84 Å². The molecule has 0 saturated heterocycles. The number of hydrogen-bond donors (Lipinski definition) is 1. The third kappa shape index (κ3) is 2.44. The minimum atomic E-state index is -0.193. The summed E-state index contributed by atoms with van der Waals surface area (Å²) in [5.41, 5.74) is 5.34. The lowest BCUT2D eigenvalue weighted by atomic mass is 10.00. The predicted octanol–water partition coefficient (Wildman–Crippen LogP) is 3.19. The van der Waals surface area contributed by atoms with Gasteiger partial charge in [-0.25, -0.2) is 0 Å². The molecule has 0 atom stereocenters. The van der Waals surface area contributed by atoms with Gasteiger partial charge < -0.3 is 4.84 Å². The second-order valence-electron chi connectivity index (χ2n) is 5.38. The van der Waals surface area contributed by atoms with Crippen molar-refractivity contribution in [2.45, 2.75) is 13.8 Å². The van der Waals surface area contributed by atoms with Gasteiger partial charge in [-0.2, -0.15) is 0 Å². The summed E-state index contributed by atoms with van der Waals surface area (Å²) in [5, 5.41) is 3.03.